The molecule has 0 aliphatic heterocycles. The summed E-state index contributed by atoms with van der Waals surface area (Å²) < 4.78 is 0. The fraction of sp³-hybridized carbons (Fsp3) is 0.0667. The maximum atomic E-state index is 11.3. The Labute approximate surface area is 121 Å². The van der Waals surface area contributed by atoms with Crippen LogP contribution in [0.3, 0.4) is 0 Å². The van der Waals surface area contributed by atoms with Crippen LogP contribution in [-0.2, 0) is 6.42 Å². The number of hydrogen-bond donors (Lipinski definition) is 0. The monoisotopic (exact) mass is 292 g/mol. The Balaban J connectivity index is 2.36. The molecule has 2 rings (SSSR count). The summed E-state index contributed by atoms with van der Waals surface area (Å²) in [5, 5.41) is -1.37. The minimum Gasteiger partial charge on any atom is -0.276 e. The molecule has 0 bridgehead atoms. The van der Waals surface area contributed by atoms with Gasteiger partial charge in [-0.2, -0.15) is 0 Å². The first kappa shape index (κ1) is 13.8. The first-order valence-corrected chi connectivity index (χ1v) is 6.40. The number of rotatable bonds is 4. The molecule has 0 saturated carbocycles. The van der Waals surface area contributed by atoms with Crippen LogP contribution in [0.25, 0.3) is 0 Å². The second kappa shape index (κ2) is 6.00. The van der Waals surface area contributed by atoms with Crippen molar-refractivity contribution in [3.63, 3.8) is 0 Å². The van der Waals surface area contributed by atoms with E-state index < -0.39 is 10.5 Å². The summed E-state index contributed by atoms with van der Waals surface area (Å²) in [5.41, 5.74) is 2.30. The number of carbonyl (C=O) groups is 2. The zero-order valence-electron chi connectivity index (χ0n) is 9.90. The lowest BCUT2D eigenvalue weighted by Crippen LogP contribution is -2.02. The van der Waals surface area contributed by atoms with Crippen molar-refractivity contribution in [2.45, 2.75) is 6.42 Å². The van der Waals surface area contributed by atoms with Crippen molar-refractivity contribution in [2.75, 3.05) is 0 Å². The van der Waals surface area contributed by atoms with Crippen molar-refractivity contribution in [3.05, 3.63) is 70.8 Å². The van der Waals surface area contributed by atoms with Gasteiger partial charge >= 0.3 is 0 Å². The predicted molar refractivity (Wildman–Crippen MR) is 76.1 cm³/mol. The van der Waals surface area contributed by atoms with E-state index >= 15 is 0 Å². The molecular formula is C15H10Cl2O2. The third-order valence-corrected chi connectivity index (χ3v) is 3.17. The van der Waals surface area contributed by atoms with Crippen LogP contribution in [-0.4, -0.2) is 10.5 Å². The molecule has 2 nitrogen and oxygen atoms in total. The highest BCUT2D eigenvalue weighted by atomic mass is 35.5. The van der Waals surface area contributed by atoms with E-state index in [2.05, 4.69) is 0 Å². The average Bonchev–Trinajstić information content (AvgIpc) is 2.39. The summed E-state index contributed by atoms with van der Waals surface area (Å²) in [4.78, 5) is 22.5. The second-order valence-corrected chi connectivity index (χ2v) is 4.78. The minimum absolute atomic E-state index is 0.137. The highest BCUT2D eigenvalue weighted by molar-refractivity contribution is 6.71. The molecule has 0 unspecified atom stereocenters. The van der Waals surface area contributed by atoms with Crippen LogP contribution < -0.4 is 0 Å². The predicted octanol–water partition coefficient (Wildman–Crippen LogP) is 4.04. The van der Waals surface area contributed by atoms with Gasteiger partial charge in [0.2, 0.25) is 0 Å². The van der Waals surface area contributed by atoms with Crippen LogP contribution in [0.15, 0.2) is 48.5 Å². The number of hydrogen-bond acceptors (Lipinski definition) is 2. The van der Waals surface area contributed by atoms with Crippen LogP contribution in [0.4, 0.5) is 0 Å². The first-order valence-electron chi connectivity index (χ1n) is 5.64. The Hall–Kier alpha value is -1.64. The lowest BCUT2D eigenvalue weighted by Gasteiger charge is -2.06. The van der Waals surface area contributed by atoms with E-state index in [1.54, 1.807) is 12.1 Å². The van der Waals surface area contributed by atoms with Gasteiger partial charge in [0.25, 0.3) is 10.5 Å². The van der Waals surface area contributed by atoms with E-state index in [-0.39, 0.29) is 11.1 Å². The van der Waals surface area contributed by atoms with E-state index in [9.17, 15) is 9.59 Å². The van der Waals surface area contributed by atoms with Gasteiger partial charge in [0, 0.05) is 11.1 Å². The number of halogens is 2. The zero-order valence-corrected chi connectivity index (χ0v) is 11.4. The lowest BCUT2D eigenvalue weighted by molar-refractivity contribution is 0.105. The third kappa shape index (κ3) is 3.43. The van der Waals surface area contributed by atoms with E-state index in [0.29, 0.717) is 6.42 Å². The molecule has 0 saturated heterocycles. The Morgan fingerprint density at radius 2 is 1.42 bits per heavy atom. The van der Waals surface area contributed by atoms with Gasteiger partial charge in [-0.1, -0.05) is 36.4 Å². The van der Waals surface area contributed by atoms with Gasteiger partial charge in [-0.05, 0) is 52.9 Å². The van der Waals surface area contributed by atoms with Crippen molar-refractivity contribution in [3.8, 4) is 0 Å². The first-order chi connectivity index (χ1) is 9.08. The molecule has 0 aliphatic rings. The van der Waals surface area contributed by atoms with Gasteiger partial charge in [-0.25, -0.2) is 0 Å². The van der Waals surface area contributed by atoms with Crippen LogP contribution in [0.1, 0.15) is 31.8 Å². The fourth-order valence-corrected chi connectivity index (χ4v) is 2.19. The molecular weight excluding hydrogens is 283 g/mol. The molecule has 0 aliphatic carbocycles. The fourth-order valence-electron chi connectivity index (χ4n) is 1.87. The molecule has 0 fully saturated rings. The molecule has 19 heavy (non-hydrogen) atoms. The standard InChI is InChI=1S/C15H10Cl2O2/c16-14(18)12-7-6-11(9-13(12)15(17)19)8-10-4-2-1-3-5-10/h1-7,9H,8H2. The van der Waals surface area contributed by atoms with E-state index in [1.165, 1.54) is 6.07 Å². The Bertz CT molecular complexity index is 621. The molecule has 0 aromatic heterocycles. The summed E-state index contributed by atoms with van der Waals surface area (Å²) in [7, 11) is 0. The van der Waals surface area contributed by atoms with Crippen molar-refractivity contribution in [2.24, 2.45) is 0 Å². The summed E-state index contributed by atoms with van der Waals surface area (Å²) in [6.07, 6.45) is 0.661. The molecule has 2 aromatic carbocycles. The van der Waals surface area contributed by atoms with Gasteiger partial charge in [0.05, 0.1) is 0 Å². The molecule has 0 spiro atoms. The highest BCUT2D eigenvalue weighted by Gasteiger charge is 2.14. The van der Waals surface area contributed by atoms with Gasteiger partial charge in [-0.15, -0.1) is 0 Å². The highest BCUT2D eigenvalue weighted by Crippen LogP contribution is 2.19. The molecule has 2 aromatic rings. The van der Waals surface area contributed by atoms with Crippen LogP contribution in [0.5, 0.6) is 0 Å². The second-order valence-electron chi connectivity index (χ2n) is 4.09. The third-order valence-electron chi connectivity index (χ3n) is 2.76. The van der Waals surface area contributed by atoms with Crippen LogP contribution in [0, 0.1) is 0 Å². The molecule has 0 N–H and O–H groups in total. The van der Waals surface area contributed by atoms with Crippen molar-refractivity contribution in [1.29, 1.82) is 0 Å². The van der Waals surface area contributed by atoms with Crippen molar-refractivity contribution < 1.29 is 9.59 Å². The summed E-state index contributed by atoms with van der Waals surface area (Å²) in [6.45, 7) is 0. The quantitative estimate of drug-likeness (QED) is 0.797. The largest absolute Gasteiger partial charge is 0.276 e. The molecule has 4 heteroatoms. The minimum atomic E-state index is -0.685. The van der Waals surface area contributed by atoms with Crippen molar-refractivity contribution in [1.82, 2.24) is 0 Å². The number of carbonyl (C=O) groups excluding carboxylic acids is 2. The van der Waals surface area contributed by atoms with Crippen molar-refractivity contribution >= 4 is 33.7 Å². The van der Waals surface area contributed by atoms with Crippen LogP contribution in [0.2, 0.25) is 0 Å². The van der Waals surface area contributed by atoms with E-state index in [4.69, 9.17) is 23.2 Å². The summed E-state index contributed by atoms with van der Waals surface area (Å²) in [6, 6.07) is 14.7. The average molecular weight is 293 g/mol. The van der Waals surface area contributed by atoms with Crippen LogP contribution >= 0.6 is 23.2 Å². The molecule has 0 heterocycles. The maximum Gasteiger partial charge on any atom is 0.253 e. The van der Waals surface area contributed by atoms with Gasteiger partial charge < -0.3 is 0 Å². The van der Waals surface area contributed by atoms with Gasteiger partial charge in [-0.3, -0.25) is 9.59 Å². The lowest BCUT2D eigenvalue weighted by atomic mass is 10.00. The molecule has 96 valence electrons. The molecule has 0 amide bonds. The van der Waals surface area contributed by atoms with Gasteiger partial charge in [0.1, 0.15) is 0 Å². The maximum absolute atomic E-state index is 11.3. The molecule has 0 atom stereocenters. The Kier molecular flexibility index (Phi) is 4.35. The zero-order chi connectivity index (χ0) is 13.8. The smallest absolute Gasteiger partial charge is 0.253 e. The topological polar surface area (TPSA) is 34.1 Å². The Morgan fingerprint density at radius 3 is 2.00 bits per heavy atom. The van der Waals surface area contributed by atoms with E-state index in [1.807, 2.05) is 30.3 Å². The molecule has 0 radical (unpaired) electrons. The Morgan fingerprint density at radius 1 is 0.789 bits per heavy atom. The summed E-state index contributed by atoms with van der Waals surface area (Å²) in [5.74, 6) is 0. The summed E-state index contributed by atoms with van der Waals surface area (Å²) >= 11 is 10.9. The number of benzene rings is 2. The SMILES string of the molecule is O=C(Cl)c1ccc(Cc2ccccc2)cc1C(=O)Cl. The van der Waals surface area contributed by atoms with E-state index in [0.717, 1.165) is 11.1 Å². The normalized spacial score (nSPS) is 10.2. The van der Waals surface area contributed by atoms with Gasteiger partial charge in [0.15, 0.2) is 0 Å².